The molecule has 8 heteroatoms. The van der Waals surface area contributed by atoms with E-state index in [1.807, 2.05) is 42.8 Å². The minimum atomic E-state index is -0.733. The quantitative estimate of drug-likeness (QED) is 0.192. The van der Waals surface area contributed by atoms with Crippen molar-refractivity contribution >= 4 is 39.3 Å². The molecule has 0 unspecified atom stereocenters. The average Bonchev–Trinajstić information content (AvgIpc) is 3.04. The van der Waals surface area contributed by atoms with Gasteiger partial charge in [-0.1, -0.05) is 30.3 Å². The van der Waals surface area contributed by atoms with Crippen LogP contribution in [0.15, 0.2) is 54.6 Å². The van der Waals surface area contributed by atoms with Gasteiger partial charge in [0.1, 0.15) is 5.75 Å². The van der Waals surface area contributed by atoms with E-state index in [-0.39, 0.29) is 23.6 Å². The standard InChI is InChI=1S/C24H20N2O6/c1-4-31-24(28)21-14(2)25(3)22-18-11-6-5-10-17(18)20(13-19(21)22)32-23(27)15-8-7-9-16(12-15)26(29)30/h5-13H,4H2,1-3H3. The number of non-ortho nitro benzene ring substituents is 1. The highest BCUT2D eigenvalue weighted by atomic mass is 16.6. The number of carbonyl (C=O) groups is 2. The van der Waals surface area contributed by atoms with E-state index in [0.717, 1.165) is 16.6 Å². The molecule has 4 rings (SSSR count). The molecule has 4 aromatic rings. The monoisotopic (exact) mass is 432 g/mol. The van der Waals surface area contributed by atoms with Crippen LogP contribution in [0.3, 0.4) is 0 Å². The summed E-state index contributed by atoms with van der Waals surface area (Å²) in [6.07, 6.45) is 0. The molecule has 0 radical (unpaired) electrons. The number of esters is 2. The number of aromatic nitrogens is 1. The predicted octanol–water partition coefficient (Wildman–Crippen LogP) is 4.94. The van der Waals surface area contributed by atoms with E-state index in [9.17, 15) is 19.7 Å². The first-order valence-corrected chi connectivity index (χ1v) is 9.98. The molecule has 32 heavy (non-hydrogen) atoms. The Bertz CT molecular complexity index is 1400. The van der Waals surface area contributed by atoms with Crippen molar-refractivity contribution in [1.82, 2.24) is 4.57 Å². The molecule has 162 valence electrons. The molecule has 0 aliphatic rings. The lowest BCUT2D eigenvalue weighted by Crippen LogP contribution is -2.09. The smallest absolute Gasteiger partial charge is 0.343 e. The van der Waals surface area contributed by atoms with Crippen LogP contribution in [0.1, 0.15) is 33.3 Å². The van der Waals surface area contributed by atoms with Gasteiger partial charge in [-0.25, -0.2) is 9.59 Å². The highest BCUT2D eigenvalue weighted by Gasteiger charge is 2.24. The fraction of sp³-hybridized carbons (Fsp3) is 0.167. The minimum Gasteiger partial charge on any atom is -0.462 e. The first-order chi connectivity index (χ1) is 15.3. The summed E-state index contributed by atoms with van der Waals surface area (Å²) in [6.45, 7) is 3.80. The van der Waals surface area contributed by atoms with Gasteiger partial charge in [0.15, 0.2) is 0 Å². The first kappa shape index (κ1) is 21.0. The van der Waals surface area contributed by atoms with Crippen LogP contribution < -0.4 is 4.74 Å². The third-order valence-corrected chi connectivity index (χ3v) is 5.42. The second kappa shape index (κ2) is 8.14. The molecule has 0 saturated carbocycles. The summed E-state index contributed by atoms with van der Waals surface area (Å²) < 4.78 is 12.8. The topological polar surface area (TPSA) is 101 Å². The molecule has 0 amide bonds. The van der Waals surface area contributed by atoms with Gasteiger partial charge in [-0.2, -0.15) is 0 Å². The fourth-order valence-electron chi connectivity index (χ4n) is 3.86. The summed E-state index contributed by atoms with van der Waals surface area (Å²) in [7, 11) is 1.86. The number of benzene rings is 3. The highest BCUT2D eigenvalue weighted by molar-refractivity contribution is 6.16. The lowest BCUT2D eigenvalue weighted by atomic mass is 10.0. The Hall–Kier alpha value is -4.20. The average molecular weight is 432 g/mol. The number of hydrogen-bond acceptors (Lipinski definition) is 6. The van der Waals surface area contributed by atoms with Crippen LogP contribution in [0, 0.1) is 17.0 Å². The van der Waals surface area contributed by atoms with Gasteiger partial charge in [-0.05, 0) is 26.0 Å². The summed E-state index contributed by atoms with van der Waals surface area (Å²) in [5, 5.41) is 13.1. The van der Waals surface area contributed by atoms with Crippen molar-refractivity contribution in [1.29, 1.82) is 0 Å². The second-order valence-corrected chi connectivity index (χ2v) is 7.25. The van der Waals surface area contributed by atoms with E-state index >= 15 is 0 Å². The Balaban J connectivity index is 1.90. The summed E-state index contributed by atoms with van der Waals surface area (Å²) in [4.78, 5) is 36.0. The van der Waals surface area contributed by atoms with Crippen LogP contribution in [0.4, 0.5) is 5.69 Å². The largest absolute Gasteiger partial charge is 0.462 e. The van der Waals surface area contributed by atoms with Crippen LogP contribution in [0.5, 0.6) is 5.75 Å². The number of fused-ring (bicyclic) bond motifs is 3. The number of aryl methyl sites for hydroxylation is 1. The Morgan fingerprint density at radius 3 is 2.41 bits per heavy atom. The molecule has 1 heterocycles. The zero-order valence-electron chi connectivity index (χ0n) is 17.7. The summed E-state index contributed by atoms with van der Waals surface area (Å²) in [5.41, 5.74) is 1.80. The molecule has 0 spiro atoms. The van der Waals surface area contributed by atoms with Crippen molar-refractivity contribution in [3.05, 3.63) is 81.5 Å². The zero-order chi connectivity index (χ0) is 23.0. The lowest BCUT2D eigenvalue weighted by molar-refractivity contribution is -0.384. The van der Waals surface area contributed by atoms with Crippen molar-refractivity contribution in [2.45, 2.75) is 13.8 Å². The van der Waals surface area contributed by atoms with E-state index in [1.165, 1.54) is 24.3 Å². The molecule has 0 fully saturated rings. The number of rotatable bonds is 5. The van der Waals surface area contributed by atoms with Crippen LogP contribution in [-0.2, 0) is 11.8 Å². The number of carbonyl (C=O) groups excluding carboxylic acids is 2. The summed E-state index contributed by atoms with van der Waals surface area (Å²) in [5.74, 6) is -0.939. The zero-order valence-corrected chi connectivity index (χ0v) is 17.7. The Morgan fingerprint density at radius 1 is 1.00 bits per heavy atom. The van der Waals surface area contributed by atoms with Gasteiger partial charge >= 0.3 is 11.9 Å². The molecule has 3 aromatic carbocycles. The van der Waals surface area contributed by atoms with Gasteiger partial charge in [0, 0.05) is 41.0 Å². The maximum absolute atomic E-state index is 12.8. The van der Waals surface area contributed by atoms with Crippen LogP contribution in [0.25, 0.3) is 21.7 Å². The van der Waals surface area contributed by atoms with Crippen molar-refractivity contribution in [3.8, 4) is 5.75 Å². The second-order valence-electron chi connectivity index (χ2n) is 7.25. The van der Waals surface area contributed by atoms with Crippen LogP contribution >= 0.6 is 0 Å². The van der Waals surface area contributed by atoms with Gasteiger partial charge in [-0.3, -0.25) is 10.1 Å². The molecule has 0 bridgehead atoms. The van der Waals surface area contributed by atoms with E-state index in [1.54, 1.807) is 13.0 Å². The van der Waals surface area contributed by atoms with Gasteiger partial charge < -0.3 is 14.0 Å². The lowest BCUT2D eigenvalue weighted by Gasteiger charge is -2.11. The fourth-order valence-corrected chi connectivity index (χ4v) is 3.86. The first-order valence-electron chi connectivity index (χ1n) is 9.98. The van der Waals surface area contributed by atoms with Crippen molar-refractivity contribution in [2.75, 3.05) is 6.61 Å². The third-order valence-electron chi connectivity index (χ3n) is 5.42. The molecule has 0 aliphatic heterocycles. The van der Waals surface area contributed by atoms with E-state index in [0.29, 0.717) is 16.3 Å². The number of nitro benzene ring substituents is 1. The van der Waals surface area contributed by atoms with Gasteiger partial charge in [-0.15, -0.1) is 0 Å². The summed E-state index contributed by atoms with van der Waals surface area (Å²) in [6, 6.07) is 14.4. The molecule has 0 N–H and O–H groups in total. The van der Waals surface area contributed by atoms with Crippen LogP contribution in [-0.4, -0.2) is 28.0 Å². The van der Waals surface area contributed by atoms with Gasteiger partial charge in [0.05, 0.1) is 28.2 Å². The van der Waals surface area contributed by atoms with Crippen molar-refractivity contribution in [2.24, 2.45) is 7.05 Å². The van der Waals surface area contributed by atoms with E-state index in [2.05, 4.69) is 0 Å². The molecule has 8 nitrogen and oxygen atoms in total. The Kier molecular flexibility index (Phi) is 5.36. The van der Waals surface area contributed by atoms with Crippen LogP contribution in [0.2, 0.25) is 0 Å². The van der Waals surface area contributed by atoms with E-state index in [4.69, 9.17) is 9.47 Å². The molecule has 0 saturated heterocycles. The Labute approximate surface area is 183 Å². The van der Waals surface area contributed by atoms with Gasteiger partial charge in [0.25, 0.3) is 5.69 Å². The highest BCUT2D eigenvalue weighted by Crippen LogP contribution is 2.38. The molecule has 1 aromatic heterocycles. The predicted molar refractivity (Wildman–Crippen MR) is 119 cm³/mol. The van der Waals surface area contributed by atoms with Crippen molar-refractivity contribution in [3.63, 3.8) is 0 Å². The maximum Gasteiger partial charge on any atom is 0.343 e. The molecule has 0 atom stereocenters. The SMILES string of the molecule is CCOC(=O)c1c(C)n(C)c2c1cc(OC(=O)c1cccc([N+](=O)[O-])c1)c1ccccc12. The number of nitrogens with zero attached hydrogens (tertiary/aromatic N) is 2. The Morgan fingerprint density at radius 2 is 1.72 bits per heavy atom. The normalized spacial score (nSPS) is 11.0. The number of hydrogen-bond donors (Lipinski definition) is 0. The van der Waals surface area contributed by atoms with E-state index < -0.39 is 16.9 Å². The third kappa shape index (κ3) is 3.45. The number of nitro groups is 1. The van der Waals surface area contributed by atoms with Crippen molar-refractivity contribution < 1.29 is 24.0 Å². The minimum absolute atomic E-state index is 0.0539. The number of ether oxygens (including phenoxy) is 2. The summed E-state index contributed by atoms with van der Waals surface area (Å²) >= 11 is 0. The molecule has 0 aliphatic carbocycles. The van der Waals surface area contributed by atoms with Gasteiger partial charge in [0.2, 0.25) is 0 Å². The maximum atomic E-state index is 12.8. The molecular weight excluding hydrogens is 412 g/mol. The molecular formula is C24H20N2O6.